The number of halogens is 3. The van der Waals surface area contributed by atoms with Gasteiger partial charge in [0.05, 0.1) is 5.56 Å². The van der Waals surface area contributed by atoms with E-state index in [1.807, 2.05) is 24.3 Å². The zero-order valence-corrected chi connectivity index (χ0v) is 15.5. The van der Waals surface area contributed by atoms with Crippen molar-refractivity contribution in [2.45, 2.75) is 6.18 Å². The molecule has 1 heterocycles. The number of alkyl halides is 3. The Hall–Kier alpha value is -2.80. The van der Waals surface area contributed by atoms with Gasteiger partial charge in [0, 0.05) is 43.6 Å². The Kier molecular flexibility index (Phi) is 6.04. The van der Waals surface area contributed by atoms with Gasteiger partial charge in [-0.05, 0) is 49.0 Å². The molecule has 0 radical (unpaired) electrons. The van der Waals surface area contributed by atoms with Gasteiger partial charge >= 0.3 is 6.18 Å². The summed E-state index contributed by atoms with van der Waals surface area (Å²) < 4.78 is 37.8. The van der Waals surface area contributed by atoms with Gasteiger partial charge in [0.25, 0.3) is 0 Å². The van der Waals surface area contributed by atoms with Crippen molar-refractivity contribution in [1.82, 2.24) is 4.90 Å². The van der Waals surface area contributed by atoms with E-state index in [0.717, 1.165) is 49.6 Å². The van der Waals surface area contributed by atoms with Crippen molar-refractivity contribution in [1.29, 1.82) is 0 Å². The number of nitrogens with one attached hydrogen (secondary N) is 1. The smallest absolute Gasteiger partial charge is 0.368 e. The van der Waals surface area contributed by atoms with E-state index in [1.54, 1.807) is 6.08 Å². The molecule has 1 amide bonds. The average molecular weight is 389 g/mol. The quantitative estimate of drug-likeness (QED) is 0.800. The highest BCUT2D eigenvalue weighted by Gasteiger charge is 2.29. The van der Waals surface area contributed by atoms with E-state index in [1.165, 1.54) is 18.2 Å². The summed E-state index contributed by atoms with van der Waals surface area (Å²) in [5, 5.41) is 2.58. The lowest BCUT2D eigenvalue weighted by atomic mass is 10.1. The van der Waals surface area contributed by atoms with Gasteiger partial charge in [-0.1, -0.05) is 18.2 Å². The third kappa shape index (κ3) is 5.13. The molecule has 3 rings (SSSR count). The number of nitrogens with zero attached hydrogens (tertiary/aromatic N) is 2. The fourth-order valence-corrected chi connectivity index (χ4v) is 3.06. The van der Waals surface area contributed by atoms with Crippen molar-refractivity contribution in [3.63, 3.8) is 0 Å². The minimum absolute atomic E-state index is 0.315. The lowest BCUT2D eigenvalue weighted by molar-refractivity contribution is -0.137. The van der Waals surface area contributed by atoms with Crippen molar-refractivity contribution >= 4 is 23.4 Å². The number of piperazine rings is 1. The molecule has 0 spiro atoms. The molecule has 7 heteroatoms. The SMILES string of the molecule is CN1CCN(c2ccccc2/C=C/C(=O)Nc2ccc(C(F)(F)F)cc2)CC1. The predicted molar refractivity (Wildman–Crippen MR) is 105 cm³/mol. The Labute approximate surface area is 162 Å². The fourth-order valence-electron chi connectivity index (χ4n) is 3.06. The number of carbonyl (C=O) groups is 1. The number of hydrogen-bond acceptors (Lipinski definition) is 3. The van der Waals surface area contributed by atoms with Gasteiger partial charge in [-0.2, -0.15) is 13.2 Å². The summed E-state index contributed by atoms with van der Waals surface area (Å²) in [6.07, 6.45) is -1.27. The topological polar surface area (TPSA) is 35.6 Å². The van der Waals surface area contributed by atoms with Gasteiger partial charge in [-0.3, -0.25) is 4.79 Å². The molecule has 1 aliphatic rings. The number of benzene rings is 2. The zero-order chi connectivity index (χ0) is 20.1. The number of likely N-dealkylation sites (N-methyl/N-ethyl adjacent to an activating group) is 1. The lowest BCUT2D eigenvalue weighted by Crippen LogP contribution is -2.44. The molecule has 0 aromatic heterocycles. The highest BCUT2D eigenvalue weighted by molar-refractivity contribution is 6.02. The fraction of sp³-hybridized carbons (Fsp3) is 0.286. The molecule has 0 bridgehead atoms. The van der Waals surface area contributed by atoms with Crippen LogP contribution in [0.3, 0.4) is 0 Å². The Morgan fingerprint density at radius 2 is 1.64 bits per heavy atom. The summed E-state index contributed by atoms with van der Waals surface area (Å²) in [5.74, 6) is -0.395. The second-order valence-corrected chi connectivity index (χ2v) is 6.75. The zero-order valence-electron chi connectivity index (χ0n) is 15.5. The predicted octanol–water partition coefficient (Wildman–Crippen LogP) is 4.11. The van der Waals surface area contributed by atoms with Crippen molar-refractivity contribution in [3.05, 3.63) is 65.7 Å². The molecule has 2 aromatic carbocycles. The van der Waals surface area contributed by atoms with Gasteiger partial charge in [-0.15, -0.1) is 0 Å². The first-order valence-electron chi connectivity index (χ1n) is 9.02. The Morgan fingerprint density at radius 3 is 2.29 bits per heavy atom. The molecule has 1 saturated heterocycles. The average Bonchev–Trinajstić information content (AvgIpc) is 2.67. The van der Waals surface area contributed by atoms with Crippen LogP contribution in [0.2, 0.25) is 0 Å². The van der Waals surface area contributed by atoms with Crippen LogP contribution in [-0.2, 0) is 11.0 Å². The standard InChI is InChI=1S/C21H22F3N3O/c1-26-12-14-27(15-13-26)19-5-3-2-4-16(19)6-11-20(28)25-18-9-7-17(8-10-18)21(22,23)24/h2-11H,12-15H2,1H3,(H,25,28)/b11-6+. The number of para-hydroxylation sites is 1. The first kappa shape index (κ1) is 19.9. The Bertz CT molecular complexity index is 839. The lowest BCUT2D eigenvalue weighted by Gasteiger charge is -2.34. The molecule has 148 valence electrons. The maximum absolute atomic E-state index is 12.6. The van der Waals surface area contributed by atoms with Crippen molar-refractivity contribution in [2.75, 3.05) is 43.4 Å². The molecule has 1 N–H and O–H groups in total. The second-order valence-electron chi connectivity index (χ2n) is 6.75. The van der Waals surface area contributed by atoms with Crippen molar-refractivity contribution in [2.24, 2.45) is 0 Å². The number of carbonyl (C=O) groups excluding carboxylic acids is 1. The van der Waals surface area contributed by atoms with E-state index < -0.39 is 17.6 Å². The minimum Gasteiger partial charge on any atom is -0.368 e. The van der Waals surface area contributed by atoms with E-state index >= 15 is 0 Å². The maximum atomic E-state index is 12.6. The molecule has 4 nitrogen and oxygen atoms in total. The summed E-state index contributed by atoms with van der Waals surface area (Å²) in [5.41, 5.74) is 1.56. The molecule has 0 saturated carbocycles. The van der Waals surface area contributed by atoms with Crippen LogP contribution in [0.5, 0.6) is 0 Å². The highest BCUT2D eigenvalue weighted by atomic mass is 19.4. The minimum atomic E-state index is -4.39. The largest absolute Gasteiger partial charge is 0.416 e. The van der Waals surface area contributed by atoms with Crippen LogP contribution >= 0.6 is 0 Å². The molecule has 2 aromatic rings. The molecule has 0 unspecified atom stereocenters. The Balaban J connectivity index is 1.66. The molecule has 1 fully saturated rings. The van der Waals surface area contributed by atoms with Crippen LogP contribution in [0.1, 0.15) is 11.1 Å². The molecule has 0 atom stereocenters. The third-order valence-electron chi connectivity index (χ3n) is 4.67. The molecule has 1 aliphatic heterocycles. The number of anilines is 2. The maximum Gasteiger partial charge on any atom is 0.416 e. The van der Waals surface area contributed by atoms with E-state index in [0.29, 0.717) is 5.69 Å². The molecular formula is C21H22F3N3O. The summed E-state index contributed by atoms with van der Waals surface area (Å²) in [6.45, 7) is 3.79. The van der Waals surface area contributed by atoms with E-state index in [2.05, 4.69) is 22.2 Å². The number of rotatable bonds is 4. The van der Waals surface area contributed by atoms with Crippen LogP contribution in [-0.4, -0.2) is 44.0 Å². The first-order chi connectivity index (χ1) is 13.3. The van der Waals surface area contributed by atoms with E-state index in [9.17, 15) is 18.0 Å². The van der Waals surface area contributed by atoms with Crippen LogP contribution in [0.4, 0.5) is 24.5 Å². The number of hydrogen-bond donors (Lipinski definition) is 1. The molecule has 0 aliphatic carbocycles. The number of amides is 1. The summed E-state index contributed by atoms with van der Waals surface area (Å²) in [4.78, 5) is 16.7. The van der Waals surface area contributed by atoms with Crippen molar-refractivity contribution in [3.8, 4) is 0 Å². The van der Waals surface area contributed by atoms with Crippen LogP contribution in [0.15, 0.2) is 54.6 Å². The van der Waals surface area contributed by atoms with Crippen molar-refractivity contribution < 1.29 is 18.0 Å². The van der Waals surface area contributed by atoms with Crippen LogP contribution < -0.4 is 10.2 Å². The third-order valence-corrected chi connectivity index (χ3v) is 4.67. The second kappa shape index (κ2) is 8.48. The highest BCUT2D eigenvalue weighted by Crippen LogP contribution is 2.29. The van der Waals surface area contributed by atoms with Crippen LogP contribution in [0.25, 0.3) is 6.08 Å². The molecular weight excluding hydrogens is 367 g/mol. The van der Waals surface area contributed by atoms with E-state index in [-0.39, 0.29) is 0 Å². The Morgan fingerprint density at radius 1 is 1.00 bits per heavy atom. The van der Waals surface area contributed by atoms with Gasteiger partial charge in [0.15, 0.2) is 0 Å². The first-order valence-corrected chi connectivity index (χ1v) is 9.02. The van der Waals surface area contributed by atoms with Gasteiger partial charge in [-0.25, -0.2) is 0 Å². The van der Waals surface area contributed by atoms with E-state index in [4.69, 9.17) is 0 Å². The molecule has 28 heavy (non-hydrogen) atoms. The summed E-state index contributed by atoms with van der Waals surface area (Å²) >= 11 is 0. The summed E-state index contributed by atoms with van der Waals surface area (Å²) in [7, 11) is 2.09. The summed E-state index contributed by atoms with van der Waals surface area (Å²) in [6, 6.07) is 12.2. The van der Waals surface area contributed by atoms with Gasteiger partial charge < -0.3 is 15.1 Å². The monoisotopic (exact) mass is 389 g/mol. The van der Waals surface area contributed by atoms with Gasteiger partial charge in [0.2, 0.25) is 5.91 Å². The van der Waals surface area contributed by atoms with Gasteiger partial charge in [0.1, 0.15) is 0 Å². The normalized spacial score (nSPS) is 15.8. The van der Waals surface area contributed by atoms with Crippen LogP contribution in [0, 0.1) is 0 Å².